The molecule has 0 saturated heterocycles. The summed E-state index contributed by atoms with van der Waals surface area (Å²) in [6.45, 7) is 4.39. The molecule has 0 saturated carbocycles. The molecule has 0 bridgehead atoms. The number of fused-ring (bicyclic) bond motifs is 2. The first kappa shape index (κ1) is 29.8. The quantitative estimate of drug-likeness (QED) is 0.166. The fourth-order valence-electron chi connectivity index (χ4n) is 5.89. The van der Waals surface area contributed by atoms with Crippen molar-refractivity contribution in [3.05, 3.63) is 82.3 Å². The Kier molecular flexibility index (Phi) is 11.6. The molecule has 0 fully saturated rings. The lowest BCUT2D eigenvalue weighted by molar-refractivity contribution is -0.140. The van der Waals surface area contributed by atoms with Gasteiger partial charge in [0.15, 0.2) is 0 Å². The van der Waals surface area contributed by atoms with Crippen LogP contribution in [-0.4, -0.2) is 11.9 Å². The van der Waals surface area contributed by atoms with Crippen molar-refractivity contribution in [2.75, 3.05) is 0 Å². The van der Waals surface area contributed by atoms with Gasteiger partial charge in [-0.2, -0.15) is 0 Å². The van der Waals surface area contributed by atoms with Gasteiger partial charge in [-0.1, -0.05) is 114 Å². The molecule has 2 aromatic rings. The molecule has 214 valence electrons. The Balaban J connectivity index is 1.67. The second kappa shape index (κ2) is 15.6. The zero-order chi connectivity index (χ0) is 28.2. The number of allylic oxidation sites excluding steroid dienone is 4. The molecule has 0 radical (unpaired) electrons. The maximum Gasteiger partial charge on any atom is 0.310 e. The van der Waals surface area contributed by atoms with Crippen LogP contribution >= 0.6 is 0 Å². The molecule has 4 rings (SSSR count). The number of aryl methyl sites for hydroxylation is 2. The maximum atomic E-state index is 13.0. The highest BCUT2D eigenvalue weighted by Crippen LogP contribution is 2.46. The van der Waals surface area contributed by atoms with Crippen molar-refractivity contribution in [3.8, 4) is 0 Å². The van der Waals surface area contributed by atoms with Gasteiger partial charge in [0.05, 0.1) is 0 Å². The summed E-state index contributed by atoms with van der Waals surface area (Å²) in [4.78, 5) is 26.0. The summed E-state index contributed by atoms with van der Waals surface area (Å²) in [5.74, 6) is 1.08. The van der Waals surface area contributed by atoms with E-state index in [0.29, 0.717) is 37.2 Å². The molecule has 0 aliphatic heterocycles. The summed E-state index contributed by atoms with van der Waals surface area (Å²) < 4.78 is 12.3. The second-order valence-electron chi connectivity index (χ2n) is 11.2. The summed E-state index contributed by atoms with van der Waals surface area (Å²) in [5.41, 5.74) is 6.43. The van der Waals surface area contributed by atoms with E-state index in [-0.39, 0.29) is 11.9 Å². The lowest BCUT2D eigenvalue weighted by Crippen LogP contribution is -2.17. The van der Waals surface area contributed by atoms with Crippen molar-refractivity contribution < 1.29 is 19.1 Å². The topological polar surface area (TPSA) is 52.6 Å². The van der Waals surface area contributed by atoms with E-state index >= 15 is 0 Å². The van der Waals surface area contributed by atoms with E-state index in [9.17, 15) is 9.59 Å². The van der Waals surface area contributed by atoms with Gasteiger partial charge in [-0.15, -0.1) is 0 Å². The minimum absolute atomic E-state index is 0.168. The highest BCUT2D eigenvalue weighted by atomic mass is 16.5. The van der Waals surface area contributed by atoms with E-state index < -0.39 is 0 Å². The normalized spacial score (nSPS) is 14.6. The Hall–Kier alpha value is -3.14. The number of esters is 2. The van der Waals surface area contributed by atoms with E-state index in [2.05, 4.69) is 50.2 Å². The SMILES string of the molecule is CCCCCCCC(=O)OC1=C(C2=C(OC(=O)CCCCCCC)CCc3ccccc32)c2ccccc2CC1. The van der Waals surface area contributed by atoms with Gasteiger partial charge in [-0.05, 0) is 47.9 Å². The van der Waals surface area contributed by atoms with Crippen LogP contribution in [0.3, 0.4) is 0 Å². The molecule has 0 N–H and O–H groups in total. The van der Waals surface area contributed by atoms with Crippen molar-refractivity contribution in [1.29, 1.82) is 0 Å². The molecule has 2 aliphatic rings. The van der Waals surface area contributed by atoms with Crippen LogP contribution in [-0.2, 0) is 31.9 Å². The first-order valence-electron chi connectivity index (χ1n) is 15.7. The second-order valence-corrected chi connectivity index (χ2v) is 11.2. The minimum atomic E-state index is -0.168. The predicted octanol–water partition coefficient (Wildman–Crippen LogP) is 9.51. The summed E-state index contributed by atoms with van der Waals surface area (Å²) in [6, 6.07) is 16.7. The fourth-order valence-corrected chi connectivity index (χ4v) is 5.89. The largest absolute Gasteiger partial charge is 0.430 e. The summed E-state index contributed by atoms with van der Waals surface area (Å²) in [5, 5.41) is 0. The van der Waals surface area contributed by atoms with Crippen molar-refractivity contribution >= 4 is 23.1 Å². The van der Waals surface area contributed by atoms with E-state index in [1.165, 1.54) is 36.8 Å². The Morgan fingerprint density at radius 3 is 1.38 bits per heavy atom. The number of unbranched alkanes of at least 4 members (excludes halogenated alkanes) is 8. The fraction of sp³-hybridized carbons (Fsp3) is 0.500. The molecular weight excluding hydrogens is 496 g/mol. The van der Waals surface area contributed by atoms with Crippen LogP contribution in [0.4, 0.5) is 0 Å². The van der Waals surface area contributed by atoms with Gasteiger partial charge >= 0.3 is 11.9 Å². The van der Waals surface area contributed by atoms with Gasteiger partial charge in [0.2, 0.25) is 0 Å². The highest BCUT2D eigenvalue weighted by molar-refractivity contribution is 6.09. The zero-order valence-corrected chi connectivity index (χ0v) is 24.6. The number of carbonyl (C=O) groups is 2. The van der Waals surface area contributed by atoms with Crippen LogP contribution in [0.2, 0.25) is 0 Å². The lowest BCUT2D eigenvalue weighted by Gasteiger charge is -2.29. The maximum absolute atomic E-state index is 13.0. The van der Waals surface area contributed by atoms with E-state index in [1.807, 2.05) is 12.1 Å². The van der Waals surface area contributed by atoms with E-state index in [1.54, 1.807) is 0 Å². The molecular formula is C36H46O4. The Morgan fingerprint density at radius 2 is 0.950 bits per heavy atom. The summed E-state index contributed by atoms with van der Waals surface area (Å²) >= 11 is 0. The zero-order valence-electron chi connectivity index (χ0n) is 24.6. The molecule has 2 aromatic carbocycles. The summed E-state index contributed by atoms with van der Waals surface area (Å²) in [7, 11) is 0. The highest BCUT2D eigenvalue weighted by Gasteiger charge is 2.31. The van der Waals surface area contributed by atoms with E-state index in [4.69, 9.17) is 9.47 Å². The summed E-state index contributed by atoms with van der Waals surface area (Å²) in [6.07, 6.45) is 14.7. The molecule has 0 aromatic heterocycles. The molecule has 2 aliphatic carbocycles. The molecule has 0 atom stereocenters. The van der Waals surface area contributed by atoms with Gasteiger partial charge < -0.3 is 9.47 Å². The average Bonchev–Trinajstić information content (AvgIpc) is 2.97. The van der Waals surface area contributed by atoms with Crippen LogP contribution in [0.25, 0.3) is 11.1 Å². The predicted molar refractivity (Wildman–Crippen MR) is 162 cm³/mol. The van der Waals surface area contributed by atoms with Crippen molar-refractivity contribution in [3.63, 3.8) is 0 Å². The molecule has 4 heteroatoms. The third-order valence-corrected chi connectivity index (χ3v) is 8.07. The van der Waals surface area contributed by atoms with Crippen molar-refractivity contribution in [2.45, 2.75) is 117 Å². The number of benzene rings is 2. The Morgan fingerprint density at radius 1 is 0.550 bits per heavy atom. The Labute approximate surface area is 240 Å². The van der Waals surface area contributed by atoms with Gasteiger partial charge in [-0.3, -0.25) is 9.59 Å². The van der Waals surface area contributed by atoms with Gasteiger partial charge in [0.25, 0.3) is 0 Å². The molecule has 4 nitrogen and oxygen atoms in total. The van der Waals surface area contributed by atoms with Crippen LogP contribution in [0, 0.1) is 0 Å². The molecule has 0 heterocycles. The molecule has 0 spiro atoms. The number of carbonyl (C=O) groups excluding carboxylic acids is 2. The van der Waals surface area contributed by atoms with Gasteiger partial charge in [-0.25, -0.2) is 0 Å². The van der Waals surface area contributed by atoms with Crippen molar-refractivity contribution in [1.82, 2.24) is 0 Å². The van der Waals surface area contributed by atoms with Crippen LogP contribution in [0.1, 0.15) is 126 Å². The first-order valence-corrected chi connectivity index (χ1v) is 15.7. The molecule has 40 heavy (non-hydrogen) atoms. The van der Waals surface area contributed by atoms with E-state index in [0.717, 1.165) is 73.6 Å². The van der Waals surface area contributed by atoms with Crippen LogP contribution in [0.5, 0.6) is 0 Å². The number of hydrogen-bond acceptors (Lipinski definition) is 4. The number of hydrogen-bond donors (Lipinski definition) is 0. The van der Waals surface area contributed by atoms with Crippen molar-refractivity contribution in [2.24, 2.45) is 0 Å². The third-order valence-electron chi connectivity index (χ3n) is 8.07. The average molecular weight is 543 g/mol. The van der Waals surface area contributed by atoms with Gasteiger partial charge in [0, 0.05) is 36.8 Å². The monoisotopic (exact) mass is 542 g/mol. The van der Waals surface area contributed by atoms with Crippen LogP contribution in [0.15, 0.2) is 60.0 Å². The van der Waals surface area contributed by atoms with Crippen LogP contribution < -0.4 is 0 Å². The number of ether oxygens (including phenoxy) is 2. The first-order chi connectivity index (χ1) is 19.6. The number of rotatable bonds is 15. The third kappa shape index (κ3) is 7.96. The van der Waals surface area contributed by atoms with Gasteiger partial charge in [0.1, 0.15) is 11.5 Å². The Bertz CT molecular complexity index is 1120. The smallest absolute Gasteiger partial charge is 0.310 e. The standard InChI is InChI=1S/C36H46O4/c1-3-5-7-9-11-21-33(37)39-31-25-23-27-17-13-15-19-29(27)35(31)36-30-20-16-14-18-28(30)24-26-32(36)40-34(38)22-12-10-8-6-4-2/h13-20H,3-12,21-26H2,1-2H3. The molecule has 0 amide bonds. The lowest BCUT2D eigenvalue weighted by atomic mass is 9.78. The molecule has 0 unspecified atom stereocenters. The minimum Gasteiger partial charge on any atom is -0.430 e.